The normalized spacial score (nSPS) is 16.0. The Balaban J connectivity index is 1.55. The van der Waals surface area contributed by atoms with E-state index in [9.17, 15) is 14.7 Å². The Hall–Kier alpha value is -4.26. The molecule has 172 valence electrons. The van der Waals surface area contributed by atoms with E-state index in [-0.39, 0.29) is 17.9 Å². The van der Waals surface area contributed by atoms with E-state index >= 15 is 0 Å². The van der Waals surface area contributed by atoms with Gasteiger partial charge < -0.3 is 23.6 Å². The largest absolute Gasteiger partial charge is 0.503 e. The van der Waals surface area contributed by atoms with E-state index in [1.54, 1.807) is 48.5 Å². The van der Waals surface area contributed by atoms with Crippen molar-refractivity contribution in [3.8, 4) is 5.75 Å². The fourth-order valence-corrected chi connectivity index (χ4v) is 4.16. The number of amides is 1. The lowest BCUT2D eigenvalue weighted by molar-refractivity contribution is -0.130. The summed E-state index contributed by atoms with van der Waals surface area (Å²) in [6, 6.07) is 18.7. The molecule has 0 fully saturated rings. The number of rotatable bonds is 8. The standard InChI is InChI=1S/C27H23NO6/c1-2-13-32-19-11-9-17(10-12-19)24-23(25(29)22-15-18-6-3-4-8-21(18)34-22)26(30)27(31)28(24)16-20-7-5-14-33-20/h3-12,14-15,24,30H,2,13,16H2,1H3. The van der Waals surface area contributed by atoms with Gasteiger partial charge in [0.15, 0.2) is 11.5 Å². The number of aliphatic hydroxyl groups excluding tert-OH is 1. The van der Waals surface area contributed by atoms with Gasteiger partial charge >= 0.3 is 0 Å². The number of Topliss-reactive ketones (excluding diaryl/α,β-unsaturated/α-hetero) is 1. The zero-order valence-electron chi connectivity index (χ0n) is 18.6. The Kier molecular flexibility index (Phi) is 5.67. The van der Waals surface area contributed by atoms with Crippen LogP contribution in [0.5, 0.6) is 5.75 Å². The monoisotopic (exact) mass is 457 g/mol. The highest BCUT2D eigenvalue weighted by Gasteiger charge is 2.44. The first kappa shape index (κ1) is 21.6. The quantitative estimate of drug-likeness (QED) is 0.347. The molecule has 1 amide bonds. The van der Waals surface area contributed by atoms with E-state index in [1.165, 1.54) is 11.2 Å². The molecule has 7 nitrogen and oxygen atoms in total. The Morgan fingerprint density at radius 2 is 1.88 bits per heavy atom. The Morgan fingerprint density at radius 1 is 1.09 bits per heavy atom. The molecule has 0 saturated heterocycles. The fraction of sp³-hybridized carbons (Fsp3) is 0.185. The van der Waals surface area contributed by atoms with Crippen molar-refractivity contribution < 1.29 is 28.3 Å². The number of aliphatic hydroxyl groups is 1. The van der Waals surface area contributed by atoms with Crippen LogP contribution in [0, 0.1) is 0 Å². The van der Waals surface area contributed by atoms with Gasteiger partial charge in [0.1, 0.15) is 17.1 Å². The molecular formula is C27H23NO6. The van der Waals surface area contributed by atoms with Crippen molar-refractivity contribution in [2.75, 3.05) is 6.61 Å². The molecule has 4 aromatic rings. The molecule has 1 aliphatic rings. The molecule has 7 heteroatoms. The van der Waals surface area contributed by atoms with Crippen molar-refractivity contribution in [1.29, 1.82) is 0 Å². The summed E-state index contributed by atoms with van der Waals surface area (Å²) in [7, 11) is 0. The number of nitrogens with zero attached hydrogens (tertiary/aromatic N) is 1. The lowest BCUT2D eigenvalue weighted by Crippen LogP contribution is -2.30. The van der Waals surface area contributed by atoms with Crippen molar-refractivity contribution in [3.63, 3.8) is 0 Å². The molecule has 1 N–H and O–H groups in total. The van der Waals surface area contributed by atoms with Crippen LogP contribution in [0.4, 0.5) is 0 Å². The van der Waals surface area contributed by atoms with Crippen molar-refractivity contribution in [3.05, 3.63) is 101 Å². The predicted octanol–water partition coefficient (Wildman–Crippen LogP) is 5.59. The van der Waals surface area contributed by atoms with Crippen LogP contribution in [0.2, 0.25) is 0 Å². The van der Waals surface area contributed by atoms with Gasteiger partial charge in [0, 0.05) is 5.39 Å². The fourth-order valence-electron chi connectivity index (χ4n) is 4.16. The number of hydrogen-bond acceptors (Lipinski definition) is 6. The number of benzene rings is 2. The van der Waals surface area contributed by atoms with E-state index in [2.05, 4.69) is 0 Å². The van der Waals surface area contributed by atoms with Crippen LogP contribution in [0.15, 0.2) is 93.2 Å². The number of ketones is 1. The third-order valence-electron chi connectivity index (χ3n) is 5.77. The maximum Gasteiger partial charge on any atom is 0.290 e. The molecule has 0 spiro atoms. The Labute approximate surface area is 195 Å². The van der Waals surface area contributed by atoms with Gasteiger partial charge in [-0.2, -0.15) is 0 Å². The van der Waals surface area contributed by atoms with Gasteiger partial charge in [0.25, 0.3) is 5.91 Å². The van der Waals surface area contributed by atoms with Crippen molar-refractivity contribution >= 4 is 22.7 Å². The summed E-state index contributed by atoms with van der Waals surface area (Å²) < 4.78 is 16.8. The molecule has 2 aromatic heterocycles. The van der Waals surface area contributed by atoms with E-state index in [0.29, 0.717) is 29.3 Å². The number of carbonyl (C=O) groups is 2. The first-order chi connectivity index (χ1) is 16.6. The number of furan rings is 2. The molecule has 0 saturated carbocycles. The second-order valence-corrected chi connectivity index (χ2v) is 8.07. The highest BCUT2D eigenvalue weighted by molar-refractivity contribution is 6.16. The maximum atomic E-state index is 13.6. The molecule has 1 aliphatic heterocycles. The van der Waals surface area contributed by atoms with Gasteiger partial charge in [-0.3, -0.25) is 9.59 Å². The van der Waals surface area contributed by atoms with E-state index in [4.69, 9.17) is 13.6 Å². The average molecular weight is 457 g/mol. The zero-order valence-corrected chi connectivity index (χ0v) is 18.6. The lowest BCUT2D eigenvalue weighted by atomic mass is 9.95. The predicted molar refractivity (Wildman–Crippen MR) is 124 cm³/mol. The minimum Gasteiger partial charge on any atom is -0.503 e. The second-order valence-electron chi connectivity index (χ2n) is 8.07. The summed E-state index contributed by atoms with van der Waals surface area (Å²) >= 11 is 0. The van der Waals surface area contributed by atoms with Crippen LogP contribution in [0.1, 0.15) is 41.3 Å². The third kappa shape index (κ3) is 3.85. The smallest absolute Gasteiger partial charge is 0.290 e. The molecule has 3 heterocycles. The van der Waals surface area contributed by atoms with Crippen molar-refractivity contribution in [2.24, 2.45) is 0 Å². The number of para-hydroxylation sites is 1. The van der Waals surface area contributed by atoms with Crippen molar-refractivity contribution in [1.82, 2.24) is 4.90 Å². The van der Waals surface area contributed by atoms with Gasteiger partial charge in [0.05, 0.1) is 31.0 Å². The van der Waals surface area contributed by atoms with Crippen LogP contribution in [-0.2, 0) is 11.3 Å². The van der Waals surface area contributed by atoms with Crippen LogP contribution in [0.25, 0.3) is 11.0 Å². The minimum atomic E-state index is -0.821. The highest BCUT2D eigenvalue weighted by Crippen LogP contribution is 2.41. The molecule has 0 aliphatic carbocycles. The van der Waals surface area contributed by atoms with Crippen LogP contribution in [0.3, 0.4) is 0 Å². The van der Waals surface area contributed by atoms with Crippen LogP contribution >= 0.6 is 0 Å². The Bertz CT molecular complexity index is 1330. The molecule has 2 aromatic carbocycles. The van der Waals surface area contributed by atoms with Gasteiger partial charge in [0.2, 0.25) is 5.78 Å². The first-order valence-corrected chi connectivity index (χ1v) is 11.1. The number of carbonyl (C=O) groups excluding carboxylic acids is 2. The molecule has 1 unspecified atom stereocenters. The molecule has 34 heavy (non-hydrogen) atoms. The van der Waals surface area contributed by atoms with Gasteiger partial charge in [-0.15, -0.1) is 0 Å². The number of ether oxygens (including phenoxy) is 1. The molecule has 1 atom stereocenters. The third-order valence-corrected chi connectivity index (χ3v) is 5.77. The van der Waals surface area contributed by atoms with E-state index in [1.807, 2.05) is 25.1 Å². The summed E-state index contributed by atoms with van der Waals surface area (Å²) in [5, 5.41) is 11.6. The SMILES string of the molecule is CCCOc1ccc(C2C(C(=O)c3cc4ccccc4o3)=C(O)C(=O)N2Cc2ccco2)cc1. The molecule has 0 bridgehead atoms. The highest BCUT2D eigenvalue weighted by atomic mass is 16.5. The second kappa shape index (κ2) is 8.94. The van der Waals surface area contributed by atoms with Crippen LogP contribution < -0.4 is 4.74 Å². The van der Waals surface area contributed by atoms with Gasteiger partial charge in [-0.05, 0) is 48.4 Å². The average Bonchev–Trinajstić information content (AvgIpc) is 3.58. The van der Waals surface area contributed by atoms with Crippen molar-refractivity contribution in [2.45, 2.75) is 25.9 Å². The number of hydrogen-bond donors (Lipinski definition) is 1. The topological polar surface area (TPSA) is 93.1 Å². The van der Waals surface area contributed by atoms with E-state index in [0.717, 1.165) is 11.8 Å². The number of fused-ring (bicyclic) bond motifs is 1. The summed E-state index contributed by atoms with van der Waals surface area (Å²) in [6.45, 7) is 2.70. The summed E-state index contributed by atoms with van der Waals surface area (Å²) in [5.41, 5.74) is 1.18. The summed E-state index contributed by atoms with van der Waals surface area (Å²) in [4.78, 5) is 28.1. The Morgan fingerprint density at radius 3 is 2.59 bits per heavy atom. The minimum absolute atomic E-state index is 0.0298. The van der Waals surface area contributed by atoms with Crippen LogP contribution in [-0.4, -0.2) is 28.3 Å². The molecular weight excluding hydrogens is 434 g/mol. The van der Waals surface area contributed by atoms with Gasteiger partial charge in [-0.25, -0.2) is 0 Å². The summed E-state index contributed by atoms with van der Waals surface area (Å²) in [5.74, 6) is -0.499. The summed E-state index contributed by atoms with van der Waals surface area (Å²) in [6.07, 6.45) is 2.39. The van der Waals surface area contributed by atoms with E-state index < -0.39 is 23.5 Å². The zero-order chi connectivity index (χ0) is 23.7. The molecule has 5 rings (SSSR count). The maximum absolute atomic E-state index is 13.6. The lowest BCUT2D eigenvalue weighted by Gasteiger charge is -2.26. The molecule has 0 radical (unpaired) electrons. The first-order valence-electron chi connectivity index (χ1n) is 11.1. The van der Waals surface area contributed by atoms with Gasteiger partial charge in [-0.1, -0.05) is 37.3 Å².